The van der Waals surface area contributed by atoms with Crippen molar-refractivity contribution < 1.29 is 24.3 Å². The van der Waals surface area contributed by atoms with Crippen LogP contribution in [0.25, 0.3) is 11.1 Å². The van der Waals surface area contributed by atoms with Gasteiger partial charge in [0.25, 0.3) is 5.91 Å². The Hall–Kier alpha value is -3.27. The molecule has 1 aliphatic heterocycles. The van der Waals surface area contributed by atoms with E-state index in [2.05, 4.69) is 11.7 Å². The van der Waals surface area contributed by atoms with E-state index in [9.17, 15) is 14.7 Å². The molecule has 0 spiro atoms. The molecule has 2 aromatic rings. The number of methoxy groups -OCH3 is 1. The summed E-state index contributed by atoms with van der Waals surface area (Å²) >= 11 is 0. The minimum atomic E-state index is -0.789. The lowest BCUT2D eigenvalue weighted by Crippen LogP contribution is -2.46. The van der Waals surface area contributed by atoms with Crippen LogP contribution in [0, 0.1) is 5.92 Å². The number of carbonyl (C=O) groups is 2. The Balaban J connectivity index is 2.06. The van der Waals surface area contributed by atoms with Gasteiger partial charge in [0, 0.05) is 42.4 Å². The lowest BCUT2D eigenvalue weighted by Gasteiger charge is -2.25. The molecule has 9 nitrogen and oxygen atoms in total. The third-order valence-electron chi connectivity index (χ3n) is 6.13. The van der Waals surface area contributed by atoms with E-state index in [1.165, 1.54) is 5.06 Å². The molecule has 2 unspecified atom stereocenters. The number of ether oxygens (including phenoxy) is 1. The number of hydroxylamine groups is 2. The molecular weight excluding hydrogens is 436 g/mol. The Morgan fingerprint density at radius 2 is 2.03 bits per heavy atom. The highest BCUT2D eigenvalue weighted by Crippen LogP contribution is 2.38. The number of nitrogens with two attached hydrogens (primary N) is 1. The molecule has 0 saturated carbocycles. The largest absolute Gasteiger partial charge is 0.496 e. The number of nitrogens with zero attached hydrogens (tertiary/aromatic N) is 3. The minimum Gasteiger partial charge on any atom is -0.496 e. The number of aliphatic imine (C=N–C) groups is 1. The third kappa shape index (κ3) is 4.96. The van der Waals surface area contributed by atoms with Crippen LogP contribution in [-0.4, -0.2) is 68.2 Å². The fourth-order valence-corrected chi connectivity index (χ4v) is 4.51. The summed E-state index contributed by atoms with van der Waals surface area (Å²) < 4.78 is 5.78. The van der Waals surface area contributed by atoms with Gasteiger partial charge in [0.05, 0.1) is 25.9 Å². The van der Waals surface area contributed by atoms with Crippen LogP contribution in [0.15, 0.2) is 41.4 Å². The van der Waals surface area contributed by atoms with E-state index in [0.29, 0.717) is 11.3 Å². The van der Waals surface area contributed by atoms with Gasteiger partial charge in [-0.05, 0) is 44.3 Å². The lowest BCUT2D eigenvalue weighted by molar-refractivity contribution is -0.171. The van der Waals surface area contributed by atoms with Crippen LogP contribution in [-0.2, 0) is 16.2 Å². The maximum atomic E-state index is 12.3. The van der Waals surface area contributed by atoms with Crippen LogP contribution in [0.2, 0.25) is 0 Å². The summed E-state index contributed by atoms with van der Waals surface area (Å²) in [5.41, 5.74) is 9.19. The molecule has 182 valence electrons. The minimum absolute atomic E-state index is 0.214. The molecule has 3 N–H and O–H groups in total. The molecular formula is C25H32N4O5. The van der Waals surface area contributed by atoms with Gasteiger partial charge in [0.15, 0.2) is 0 Å². The van der Waals surface area contributed by atoms with Crippen LogP contribution in [0.4, 0.5) is 5.69 Å². The summed E-state index contributed by atoms with van der Waals surface area (Å²) in [6.07, 6.45) is -1.16. The second kappa shape index (κ2) is 10.3. The summed E-state index contributed by atoms with van der Waals surface area (Å²) in [7, 11) is 5.33. The number of anilines is 1. The van der Waals surface area contributed by atoms with Gasteiger partial charge in [-0.1, -0.05) is 18.2 Å². The number of amides is 2. The summed E-state index contributed by atoms with van der Waals surface area (Å²) in [4.78, 5) is 35.9. The first-order chi connectivity index (χ1) is 16.1. The highest BCUT2D eigenvalue weighted by Gasteiger charge is 2.47. The van der Waals surface area contributed by atoms with Gasteiger partial charge in [0.2, 0.25) is 5.91 Å². The molecule has 0 radical (unpaired) electrons. The fraction of sp³-hybridized carbons (Fsp3) is 0.400. The number of primary amides is 1. The molecule has 3 rings (SSSR count). The van der Waals surface area contributed by atoms with Crippen molar-refractivity contribution in [3.8, 4) is 16.9 Å². The quantitative estimate of drug-likeness (QED) is 0.571. The zero-order valence-corrected chi connectivity index (χ0v) is 20.2. The van der Waals surface area contributed by atoms with E-state index < -0.39 is 29.9 Å². The molecule has 1 fully saturated rings. The van der Waals surface area contributed by atoms with Crippen molar-refractivity contribution in [1.82, 2.24) is 5.06 Å². The molecule has 9 heteroatoms. The summed E-state index contributed by atoms with van der Waals surface area (Å²) in [5.74, 6) is -0.871. The van der Waals surface area contributed by atoms with E-state index in [4.69, 9.17) is 15.3 Å². The molecule has 2 amide bonds. The second-order valence-corrected chi connectivity index (χ2v) is 8.68. The van der Waals surface area contributed by atoms with Crippen LogP contribution in [0.5, 0.6) is 5.75 Å². The van der Waals surface area contributed by atoms with Crippen LogP contribution in [0.3, 0.4) is 0 Å². The molecule has 0 bridgehead atoms. The number of benzene rings is 2. The van der Waals surface area contributed by atoms with E-state index in [0.717, 1.165) is 22.4 Å². The molecule has 2 aromatic carbocycles. The smallest absolute Gasteiger partial charge is 0.276 e. The average molecular weight is 469 g/mol. The normalized spacial score (nSPS) is 21.2. The van der Waals surface area contributed by atoms with Gasteiger partial charge in [-0.15, -0.1) is 0 Å². The van der Waals surface area contributed by atoms with Gasteiger partial charge in [0.1, 0.15) is 11.8 Å². The van der Waals surface area contributed by atoms with E-state index >= 15 is 0 Å². The molecule has 1 aliphatic rings. The Labute approximate surface area is 199 Å². The van der Waals surface area contributed by atoms with E-state index in [1.807, 2.05) is 43.3 Å². The number of hydrogen-bond acceptors (Lipinski definition) is 7. The molecule has 1 saturated heterocycles. The maximum absolute atomic E-state index is 12.3. The Bertz CT molecular complexity index is 1080. The molecule has 0 aliphatic carbocycles. The SMILES string of the molecule is C=NC(=O)c1cc(-c2cccc(CN3O[C@@H](C)C(C(C)O)[C@H]3C(N)=O)c2OC)cc(N(C)C)c1. The van der Waals surface area contributed by atoms with Crippen molar-refractivity contribution >= 4 is 24.2 Å². The molecule has 0 aromatic heterocycles. The van der Waals surface area contributed by atoms with Crippen molar-refractivity contribution in [3.05, 3.63) is 47.5 Å². The number of aliphatic hydroxyl groups is 1. The number of aliphatic hydroxyl groups excluding tert-OH is 1. The summed E-state index contributed by atoms with van der Waals surface area (Å²) in [6.45, 7) is 7.00. The Kier molecular flexibility index (Phi) is 7.71. The van der Waals surface area contributed by atoms with Gasteiger partial charge < -0.3 is 20.5 Å². The summed E-state index contributed by atoms with van der Waals surface area (Å²) in [5, 5.41) is 11.7. The predicted molar refractivity (Wildman–Crippen MR) is 131 cm³/mol. The fourth-order valence-electron chi connectivity index (χ4n) is 4.51. The van der Waals surface area contributed by atoms with Crippen molar-refractivity contribution in [2.45, 2.75) is 38.6 Å². The molecule has 34 heavy (non-hydrogen) atoms. The highest BCUT2D eigenvalue weighted by atomic mass is 16.7. The predicted octanol–water partition coefficient (Wildman–Crippen LogP) is 2.26. The lowest BCUT2D eigenvalue weighted by atomic mass is 9.90. The summed E-state index contributed by atoms with van der Waals surface area (Å²) in [6, 6.07) is 10.3. The van der Waals surface area contributed by atoms with Crippen LogP contribution < -0.4 is 15.4 Å². The zero-order valence-electron chi connectivity index (χ0n) is 20.2. The van der Waals surface area contributed by atoms with Gasteiger partial charge in [-0.3, -0.25) is 14.4 Å². The van der Waals surface area contributed by atoms with E-state index in [-0.39, 0.29) is 12.6 Å². The van der Waals surface area contributed by atoms with Crippen molar-refractivity contribution in [2.24, 2.45) is 16.6 Å². The standard InChI is InChI=1S/C25H32N4O5/c1-14(30)21-15(2)34-29(22(21)24(26)31)13-16-8-7-9-20(23(16)33-6)17-10-18(25(32)27-3)12-19(11-17)28(4)5/h7-12,14-15,21-22,30H,3,13H2,1-2,4-6H3,(H2,26,31)/t14?,15-,21?,22-/m0/s1. The van der Waals surface area contributed by atoms with Crippen molar-refractivity contribution in [1.29, 1.82) is 0 Å². The van der Waals surface area contributed by atoms with Crippen molar-refractivity contribution in [2.75, 3.05) is 26.1 Å². The van der Waals surface area contributed by atoms with Crippen LogP contribution >= 0.6 is 0 Å². The number of hydrogen-bond donors (Lipinski definition) is 2. The van der Waals surface area contributed by atoms with E-state index in [1.54, 1.807) is 33.1 Å². The first kappa shape index (κ1) is 25.4. The number of para-hydroxylation sites is 1. The highest BCUT2D eigenvalue weighted by molar-refractivity contribution is 5.99. The van der Waals surface area contributed by atoms with Gasteiger partial charge in [-0.25, -0.2) is 4.99 Å². The van der Waals surface area contributed by atoms with Gasteiger partial charge >= 0.3 is 0 Å². The molecule has 4 atom stereocenters. The van der Waals surface area contributed by atoms with Crippen LogP contribution in [0.1, 0.15) is 29.8 Å². The van der Waals surface area contributed by atoms with Crippen molar-refractivity contribution in [3.63, 3.8) is 0 Å². The first-order valence-corrected chi connectivity index (χ1v) is 11.0. The number of rotatable bonds is 8. The third-order valence-corrected chi connectivity index (χ3v) is 6.13. The zero-order chi connectivity index (χ0) is 25.2. The average Bonchev–Trinajstić information content (AvgIpc) is 3.13. The first-order valence-electron chi connectivity index (χ1n) is 11.0. The Morgan fingerprint density at radius 1 is 1.32 bits per heavy atom. The topological polar surface area (TPSA) is 118 Å². The molecule has 1 heterocycles. The number of carbonyl (C=O) groups excluding carboxylic acids is 2. The maximum Gasteiger partial charge on any atom is 0.276 e. The second-order valence-electron chi connectivity index (χ2n) is 8.68. The van der Waals surface area contributed by atoms with Gasteiger partial charge in [-0.2, -0.15) is 5.06 Å². The monoisotopic (exact) mass is 468 g/mol. The Morgan fingerprint density at radius 3 is 2.59 bits per heavy atom.